The highest BCUT2D eigenvalue weighted by Gasteiger charge is 2.18. The van der Waals surface area contributed by atoms with Crippen LogP contribution >= 0.6 is 0 Å². The Labute approximate surface area is 101 Å². The van der Waals surface area contributed by atoms with E-state index in [1.165, 1.54) is 24.3 Å². The van der Waals surface area contributed by atoms with Crippen LogP contribution in [0, 0.1) is 0 Å². The Morgan fingerprint density at radius 2 is 1.60 bits per heavy atom. The van der Waals surface area contributed by atoms with Crippen molar-refractivity contribution >= 4 is 35.0 Å². The van der Waals surface area contributed by atoms with Crippen molar-refractivity contribution in [2.45, 2.75) is 0 Å². The standard InChI is InChI=1S/C8H7NO5.Mg.2H/c9-13-7(10)5-3-1-2-4-6(5)8(11)14-12;;;/h1-4,12H,9H2;;;. The molecule has 0 fully saturated rings. The summed E-state index contributed by atoms with van der Waals surface area (Å²) >= 11 is 0. The van der Waals surface area contributed by atoms with Gasteiger partial charge in [0.25, 0.3) is 0 Å². The van der Waals surface area contributed by atoms with Crippen molar-refractivity contribution in [3.8, 4) is 0 Å². The molecule has 7 heteroatoms. The maximum Gasteiger partial charge on any atom is 0.373 e. The molecule has 0 radical (unpaired) electrons. The van der Waals surface area contributed by atoms with Gasteiger partial charge in [0.1, 0.15) is 0 Å². The van der Waals surface area contributed by atoms with Crippen LogP contribution in [0.15, 0.2) is 24.3 Å². The molecule has 1 aromatic carbocycles. The topological polar surface area (TPSA) is 98.9 Å². The lowest BCUT2D eigenvalue weighted by molar-refractivity contribution is -0.182. The van der Waals surface area contributed by atoms with E-state index in [1.807, 2.05) is 0 Å². The second-order valence-electron chi connectivity index (χ2n) is 2.33. The minimum atomic E-state index is -1.05. The molecule has 0 aromatic heterocycles. The molecule has 0 saturated heterocycles. The van der Waals surface area contributed by atoms with Gasteiger partial charge in [0.05, 0.1) is 11.1 Å². The molecule has 0 saturated carbocycles. The largest absolute Gasteiger partial charge is 0.373 e. The van der Waals surface area contributed by atoms with Crippen molar-refractivity contribution in [2.75, 3.05) is 0 Å². The molecule has 0 unspecified atom stereocenters. The molecule has 1 aromatic rings. The highest BCUT2D eigenvalue weighted by molar-refractivity contribution is 6.02. The summed E-state index contributed by atoms with van der Waals surface area (Å²) in [4.78, 5) is 29.4. The van der Waals surface area contributed by atoms with Gasteiger partial charge in [-0.15, -0.1) is 0 Å². The van der Waals surface area contributed by atoms with Crippen LogP contribution in [-0.2, 0) is 9.73 Å². The minimum Gasteiger partial charge on any atom is -0.370 e. The van der Waals surface area contributed by atoms with Crippen molar-refractivity contribution < 1.29 is 24.6 Å². The Morgan fingerprint density at radius 3 is 2.00 bits per heavy atom. The first-order valence-corrected chi connectivity index (χ1v) is 3.56. The van der Waals surface area contributed by atoms with E-state index >= 15 is 0 Å². The Hall–Kier alpha value is -1.15. The third-order valence-corrected chi connectivity index (χ3v) is 1.56. The van der Waals surface area contributed by atoms with Gasteiger partial charge in [-0.2, -0.15) is 11.2 Å². The number of carbonyl (C=O) groups excluding carboxylic acids is 2. The van der Waals surface area contributed by atoms with Crippen LogP contribution in [0.25, 0.3) is 0 Å². The average Bonchev–Trinajstić information content (AvgIpc) is 2.27. The molecule has 0 aliphatic heterocycles. The van der Waals surface area contributed by atoms with Gasteiger partial charge in [-0.05, 0) is 12.1 Å². The third kappa shape index (κ3) is 3.17. The first-order chi connectivity index (χ1) is 6.70. The van der Waals surface area contributed by atoms with E-state index in [9.17, 15) is 9.59 Å². The van der Waals surface area contributed by atoms with E-state index in [-0.39, 0.29) is 34.2 Å². The van der Waals surface area contributed by atoms with Gasteiger partial charge in [0.2, 0.25) is 0 Å². The fraction of sp³-hybridized carbons (Fsp3) is 0. The van der Waals surface area contributed by atoms with Gasteiger partial charge in [-0.1, -0.05) is 12.1 Å². The number of rotatable bonds is 2. The van der Waals surface area contributed by atoms with Crippen LogP contribution < -0.4 is 5.90 Å². The first-order valence-electron chi connectivity index (χ1n) is 3.56. The molecule has 0 amide bonds. The molecule has 0 bridgehead atoms. The monoisotopic (exact) mass is 223 g/mol. The van der Waals surface area contributed by atoms with Gasteiger partial charge in [0, 0.05) is 0 Å². The summed E-state index contributed by atoms with van der Waals surface area (Å²) in [5.41, 5.74) is -0.195. The second kappa shape index (κ2) is 6.35. The van der Waals surface area contributed by atoms with E-state index < -0.39 is 11.9 Å². The first kappa shape index (κ1) is 13.8. The molecule has 78 valence electrons. The summed E-state index contributed by atoms with van der Waals surface area (Å²) in [7, 11) is 0. The van der Waals surface area contributed by atoms with Crippen LogP contribution in [0.5, 0.6) is 0 Å². The minimum absolute atomic E-state index is 0. The van der Waals surface area contributed by atoms with Crippen molar-refractivity contribution in [3.05, 3.63) is 35.4 Å². The summed E-state index contributed by atoms with van der Waals surface area (Å²) < 4.78 is 0. The fourth-order valence-corrected chi connectivity index (χ4v) is 0.952. The Morgan fingerprint density at radius 1 is 1.13 bits per heavy atom. The molecule has 6 nitrogen and oxygen atoms in total. The molecular formula is C8H9MgNO5. The lowest BCUT2D eigenvalue weighted by Gasteiger charge is -2.02. The van der Waals surface area contributed by atoms with Crippen LogP contribution in [0.4, 0.5) is 0 Å². The molecule has 15 heavy (non-hydrogen) atoms. The highest BCUT2D eigenvalue weighted by Crippen LogP contribution is 2.10. The van der Waals surface area contributed by atoms with Crippen LogP contribution in [0.2, 0.25) is 0 Å². The van der Waals surface area contributed by atoms with Crippen LogP contribution in [0.3, 0.4) is 0 Å². The summed E-state index contributed by atoms with van der Waals surface area (Å²) in [6.45, 7) is 0. The van der Waals surface area contributed by atoms with Gasteiger partial charge >= 0.3 is 35.0 Å². The van der Waals surface area contributed by atoms with Crippen molar-refractivity contribution in [1.82, 2.24) is 0 Å². The van der Waals surface area contributed by atoms with E-state index in [4.69, 9.17) is 5.26 Å². The van der Waals surface area contributed by atoms with Crippen LogP contribution in [-0.4, -0.2) is 40.2 Å². The Bertz CT molecular complexity index is 333. The lowest BCUT2D eigenvalue weighted by Crippen LogP contribution is -2.15. The van der Waals surface area contributed by atoms with Crippen molar-refractivity contribution in [1.29, 1.82) is 0 Å². The van der Waals surface area contributed by atoms with Crippen molar-refractivity contribution in [2.24, 2.45) is 5.90 Å². The summed E-state index contributed by atoms with van der Waals surface area (Å²) in [5, 5.41) is 8.13. The second-order valence-corrected chi connectivity index (χ2v) is 2.33. The third-order valence-electron chi connectivity index (χ3n) is 1.56. The van der Waals surface area contributed by atoms with Crippen molar-refractivity contribution in [3.63, 3.8) is 0 Å². The molecule has 0 spiro atoms. The molecule has 3 N–H and O–H groups in total. The number of benzene rings is 1. The predicted octanol–water partition coefficient (Wildman–Crippen LogP) is -0.569. The summed E-state index contributed by atoms with van der Waals surface area (Å²) in [6, 6.07) is 5.63. The molecule has 0 aliphatic carbocycles. The van der Waals surface area contributed by atoms with E-state index in [2.05, 4.69) is 15.6 Å². The molecule has 0 heterocycles. The van der Waals surface area contributed by atoms with Gasteiger partial charge in [-0.25, -0.2) is 9.59 Å². The Kier molecular flexibility index (Phi) is 5.86. The number of nitrogens with two attached hydrogens (primary N) is 1. The molecular weight excluding hydrogens is 214 g/mol. The highest BCUT2D eigenvalue weighted by atomic mass is 24.3. The number of carbonyl (C=O) groups is 2. The zero-order valence-electron chi connectivity index (χ0n) is 6.97. The maximum atomic E-state index is 11.0. The summed E-state index contributed by atoms with van der Waals surface area (Å²) in [6.07, 6.45) is 0. The van der Waals surface area contributed by atoms with Gasteiger partial charge in [-0.3, -0.25) is 4.89 Å². The normalized spacial score (nSPS) is 8.67. The molecule has 1 rings (SSSR count). The molecule has 0 aliphatic rings. The zero-order chi connectivity index (χ0) is 10.6. The average molecular weight is 223 g/mol. The smallest absolute Gasteiger partial charge is 0.370 e. The van der Waals surface area contributed by atoms with E-state index in [1.54, 1.807) is 0 Å². The van der Waals surface area contributed by atoms with E-state index in [0.29, 0.717) is 0 Å². The van der Waals surface area contributed by atoms with E-state index in [0.717, 1.165) is 0 Å². The SMILES string of the molecule is NOC(=O)c1ccccc1C(=O)OO.[MgH2]. The lowest BCUT2D eigenvalue weighted by atomic mass is 10.1. The zero-order valence-corrected chi connectivity index (χ0v) is 6.97. The molecule has 0 atom stereocenters. The fourth-order valence-electron chi connectivity index (χ4n) is 0.952. The van der Waals surface area contributed by atoms with Gasteiger partial charge < -0.3 is 4.84 Å². The predicted molar refractivity (Wildman–Crippen MR) is 52.6 cm³/mol. The number of hydrogen-bond donors (Lipinski definition) is 2. The van der Waals surface area contributed by atoms with Crippen LogP contribution in [0.1, 0.15) is 20.7 Å². The summed E-state index contributed by atoms with van der Waals surface area (Å²) in [5.74, 6) is 2.72. The number of hydrogen-bond acceptors (Lipinski definition) is 6. The maximum absolute atomic E-state index is 11.0. The quantitative estimate of drug-likeness (QED) is 0.396. The Balaban J connectivity index is 0.00000196. The van der Waals surface area contributed by atoms with Gasteiger partial charge in [0.15, 0.2) is 0 Å².